The number of rotatable bonds is 3. The van der Waals surface area contributed by atoms with Crippen LogP contribution in [0.3, 0.4) is 0 Å². The summed E-state index contributed by atoms with van der Waals surface area (Å²) >= 11 is 3.07. The molecule has 0 bridgehead atoms. The minimum absolute atomic E-state index is 0.0343. The van der Waals surface area contributed by atoms with Gasteiger partial charge in [-0.05, 0) is 18.2 Å². The Bertz CT molecular complexity index is 662. The van der Waals surface area contributed by atoms with E-state index in [1.807, 2.05) is 5.43 Å². The molecule has 2 rings (SSSR count). The smallest absolute Gasteiger partial charge is 0.338 e. The fraction of sp³-hybridized carbons (Fsp3) is 0.0909. The molecule has 0 atom stereocenters. The molecule has 1 aromatic carbocycles. The highest BCUT2D eigenvalue weighted by molar-refractivity contribution is 9.10. The number of alkyl halides is 3. The fourth-order valence-electron chi connectivity index (χ4n) is 1.45. The van der Waals surface area contributed by atoms with Crippen LogP contribution in [0, 0.1) is 5.82 Å². The molecule has 0 spiro atoms. The van der Waals surface area contributed by atoms with Gasteiger partial charge in [-0.1, -0.05) is 15.9 Å². The fourth-order valence-corrected chi connectivity index (χ4v) is 1.78. The highest BCUT2D eigenvalue weighted by atomic mass is 79.9. The maximum atomic E-state index is 13.7. The average Bonchev–Trinajstić information content (AvgIpc) is 2.40. The monoisotopic (exact) mass is 365 g/mol. The number of anilines is 3. The molecule has 0 radical (unpaired) electrons. The molecule has 2 aromatic rings. The third kappa shape index (κ3) is 3.79. The van der Waals surface area contributed by atoms with E-state index in [-0.39, 0.29) is 11.5 Å². The van der Waals surface area contributed by atoms with Crippen LogP contribution < -0.4 is 16.6 Å². The number of nitrogens with one attached hydrogen (secondary N) is 2. The summed E-state index contributed by atoms with van der Waals surface area (Å²) in [5, 5.41) is 2.44. The van der Waals surface area contributed by atoms with Gasteiger partial charge < -0.3 is 5.32 Å². The Morgan fingerprint density at radius 2 is 1.86 bits per heavy atom. The molecule has 0 saturated heterocycles. The lowest BCUT2D eigenvalue weighted by atomic mass is 10.3. The molecule has 4 N–H and O–H groups in total. The maximum absolute atomic E-state index is 13.7. The summed E-state index contributed by atoms with van der Waals surface area (Å²) in [6.45, 7) is 0. The predicted octanol–water partition coefficient (Wildman–Crippen LogP) is 3.43. The van der Waals surface area contributed by atoms with E-state index in [0.29, 0.717) is 10.5 Å². The third-order valence-corrected chi connectivity index (χ3v) is 2.83. The summed E-state index contributed by atoms with van der Waals surface area (Å²) < 4.78 is 52.2. The number of aromatic nitrogens is 2. The molecule has 0 aliphatic rings. The van der Waals surface area contributed by atoms with E-state index in [0.717, 1.165) is 6.07 Å². The van der Waals surface area contributed by atoms with Crippen LogP contribution in [-0.2, 0) is 6.18 Å². The van der Waals surface area contributed by atoms with Crippen LogP contribution in [0.5, 0.6) is 0 Å². The molecule has 0 amide bonds. The van der Waals surface area contributed by atoms with E-state index in [1.165, 1.54) is 12.1 Å². The normalized spacial score (nSPS) is 11.3. The second-order valence-corrected chi connectivity index (χ2v) is 4.77. The van der Waals surface area contributed by atoms with Gasteiger partial charge in [0.25, 0.3) is 0 Å². The predicted molar refractivity (Wildman–Crippen MR) is 72.2 cm³/mol. The highest BCUT2D eigenvalue weighted by Gasteiger charge is 2.33. The lowest BCUT2D eigenvalue weighted by Crippen LogP contribution is -2.16. The number of halogens is 5. The van der Waals surface area contributed by atoms with Gasteiger partial charge in [0, 0.05) is 10.5 Å². The summed E-state index contributed by atoms with van der Waals surface area (Å²) in [4.78, 5) is 6.88. The van der Waals surface area contributed by atoms with Crippen molar-refractivity contribution in [1.29, 1.82) is 0 Å². The number of nitrogens with two attached hydrogens (primary N) is 1. The Balaban J connectivity index is 2.39. The first-order valence-corrected chi connectivity index (χ1v) is 6.24. The molecule has 0 saturated carbocycles. The molecule has 0 aliphatic heterocycles. The molecule has 112 valence electrons. The lowest BCUT2D eigenvalue weighted by molar-refractivity contribution is -0.141. The zero-order chi connectivity index (χ0) is 15.6. The summed E-state index contributed by atoms with van der Waals surface area (Å²) in [6, 6.07) is 4.70. The summed E-state index contributed by atoms with van der Waals surface area (Å²) in [5.41, 5.74) is 0.688. The van der Waals surface area contributed by atoms with E-state index in [4.69, 9.17) is 5.84 Å². The average molecular weight is 366 g/mol. The largest absolute Gasteiger partial charge is 0.433 e. The molecule has 21 heavy (non-hydrogen) atoms. The number of benzene rings is 1. The highest BCUT2D eigenvalue weighted by Crippen LogP contribution is 2.30. The van der Waals surface area contributed by atoms with Crippen molar-refractivity contribution in [3.63, 3.8) is 0 Å². The van der Waals surface area contributed by atoms with E-state index in [9.17, 15) is 17.6 Å². The van der Waals surface area contributed by atoms with Gasteiger partial charge in [0.15, 0.2) is 5.69 Å². The minimum Gasteiger partial charge on any atom is -0.338 e. The molecule has 0 aliphatic carbocycles. The molecule has 1 aromatic heterocycles. The van der Waals surface area contributed by atoms with Crippen molar-refractivity contribution in [3.05, 3.63) is 40.2 Å². The van der Waals surface area contributed by atoms with Crippen LogP contribution in [0.15, 0.2) is 28.7 Å². The molecule has 5 nitrogen and oxygen atoms in total. The van der Waals surface area contributed by atoms with Crippen molar-refractivity contribution in [3.8, 4) is 0 Å². The zero-order valence-corrected chi connectivity index (χ0v) is 11.8. The van der Waals surface area contributed by atoms with Gasteiger partial charge in [-0.25, -0.2) is 15.2 Å². The first kappa shape index (κ1) is 15.4. The van der Waals surface area contributed by atoms with Crippen LogP contribution in [-0.4, -0.2) is 9.97 Å². The van der Waals surface area contributed by atoms with Gasteiger partial charge >= 0.3 is 6.18 Å². The number of hydrogen-bond acceptors (Lipinski definition) is 5. The second kappa shape index (κ2) is 5.82. The first-order valence-electron chi connectivity index (χ1n) is 5.44. The van der Waals surface area contributed by atoms with Gasteiger partial charge in [0.05, 0.1) is 5.69 Å². The SMILES string of the molecule is NNc1nc(Nc2ccc(Br)cc2F)cc(C(F)(F)F)n1. The standard InChI is InChI=1S/C11H8BrF4N5/c12-5-1-2-7(6(13)3-5)18-9-4-8(11(14,15)16)19-10(20-9)21-17/h1-4H,17H2,(H2,18,19,20,21). The molecule has 0 fully saturated rings. The number of hydrogen-bond donors (Lipinski definition) is 3. The number of nitrogen functional groups attached to an aromatic ring is 1. The Labute approximate surface area is 124 Å². The molecular formula is C11H8BrF4N5. The van der Waals surface area contributed by atoms with Crippen molar-refractivity contribution >= 4 is 33.4 Å². The van der Waals surface area contributed by atoms with E-state index >= 15 is 0 Å². The minimum atomic E-state index is -4.68. The summed E-state index contributed by atoms with van der Waals surface area (Å²) in [6.07, 6.45) is -4.68. The van der Waals surface area contributed by atoms with E-state index < -0.39 is 23.6 Å². The lowest BCUT2D eigenvalue weighted by Gasteiger charge is -2.12. The second-order valence-electron chi connectivity index (χ2n) is 3.85. The van der Waals surface area contributed by atoms with Gasteiger partial charge in [-0.2, -0.15) is 18.2 Å². The van der Waals surface area contributed by atoms with Gasteiger partial charge in [-0.15, -0.1) is 0 Å². The van der Waals surface area contributed by atoms with E-state index in [1.54, 1.807) is 0 Å². The van der Waals surface area contributed by atoms with Gasteiger partial charge in [-0.3, -0.25) is 5.43 Å². The number of hydrazine groups is 1. The Morgan fingerprint density at radius 1 is 1.14 bits per heavy atom. The number of nitrogens with zero attached hydrogens (tertiary/aromatic N) is 2. The quantitative estimate of drug-likeness (QED) is 0.441. The molecule has 10 heteroatoms. The van der Waals surface area contributed by atoms with Crippen molar-refractivity contribution in [2.45, 2.75) is 6.18 Å². The van der Waals surface area contributed by atoms with Crippen molar-refractivity contribution in [2.75, 3.05) is 10.7 Å². The van der Waals surface area contributed by atoms with Crippen molar-refractivity contribution < 1.29 is 17.6 Å². The first-order chi connectivity index (χ1) is 9.79. The van der Waals surface area contributed by atoms with Gasteiger partial charge in [0.1, 0.15) is 11.6 Å². The topological polar surface area (TPSA) is 75.9 Å². The summed E-state index contributed by atoms with van der Waals surface area (Å²) in [5.74, 6) is 3.69. The van der Waals surface area contributed by atoms with Crippen LogP contribution in [0.25, 0.3) is 0 Å². The molecule has 1 heterocycles. The zero-order valence-electron chi connectivity index (χ0n) is 10.2. The maximum Gasteiger partial charge on any atom is 0.433 e. The van der Waals surface area contributed by atoms with Crippen LogP contribution >= 0.6 is 15.9 Å². The Morgan fingerprint density at radius 3 is 2.43 bits per heavy atom. The van der Waals surface area contributed by atoms with E-state index in [2.05, 4.69) is 31.2 Å². The van der Waals surface area contributed by atoms with Crippen molar-refractivity contribution in [1.82, 2.24) is 9.97 Å². The Kier molecular flexibility index (Phi) is 4.28. The molecular weight excluding hydrogens is 358 g/mol. The van der Waals surface area contributed by atoms with Crippen LogP contribution in [0.2, 0.25) is 0 Å². The van der Waals surface area contributed by atoms with Gasteiger partial charge in [0.2, 0.25) is 5.95 Å². The van der Waals surface area contributed by atoms with Crippen molar-refractivity contribution in [2.24, 2.45) is 5.84 Å². The molecule has 0 unspecified atom stereocenters. The summed E-state index contributed by atoms with van der Waals surface area (Å²) in [7, 11) is 0. The third-order valence-electron chi connectivity index (χ3n) is 2.34. The van der Waals surface area contributed by atoms with Crippen LogP contribution in [0.4, 0.5) is 35.0 Å². The van der Waals surface area contributed by atoms with Crippen LogP contribution in [0.1, 0.15) is 5.69 Å². The Hall–Kier alpha value is -1.94.